The smallest absolute Gasteiger partial charge is 0.0491 e. The van der Waals surface area contributed by atoms with E-state index in [-0.39, 0.29) is 18.6 Å². The van der Waals surface area contributed by atoms with Crippen LogP contribution in [0.1, 0.15) is 25.7 Å². The molecule has 64 valence electrons. The fourth-order valence-corrected chi connectivity index (χ4v) is 2.91. The fourth-order valence-electron chi connectivity index (χ4n) is 2.91. The maximum absolute atomic E-state index is 9.18. The van der Waals surface area contributed by atoms with Crippen molar-refractivity contribution in [2.75, 3.05) is 13.2 Å². The van der Waals surface area contributed by atoms with Gasteiger partial charge in [0.25, 0.3) is 0 Å². The topological polar surface area (TPSA) is 40.5 Å². The van der Waals surface area contributed by atoms with Crippen LogP contribution in [-0.2, 0) is 0 Å². The van der Waals surface area contributed by atoms with Gasteiger partial charge in [-0.15, -0.1) is 0 Å². The van der Waals surface area contributed by atoms with Crippen molar-refractivity contribution in [2.24, 2.45) is 17.3 Å². The molecule has 0 aromatic carbocycles. The highest BCUT2D eigenvalue weighted by molar-refractivity contribution is 5.01. The minimum atomic E-state index is 0.137. The highest BCUT2D eigenvalue weighted by Crippen LogP contribution is 2.58. The standard InChI is InChI=1S/C9H16O2/c10-5-8-2-1-7-3-9(8,4-7)6-11/h7-8,10-11H,1-6H2. The average molecular weight is 156 g/mol. The molecule has 2 nitrogen and oxygen atoms in total. The Kier molecular flexibility index (Phi) is 1.69. The molecule has 2 heteroatoms. The Balaban J connectivity index is 2.07. The van der Waals surface area contributed by atoms with Crippen molar-refractivity contribution in [1.29, 1.82) is 0 Å². The highest BCUT2D eigenvalue weighted by Gasteiger charge is 2.52. The van der Waals surface area contributed by atoms with Gasteiger partial charge in [0.15, 0.2) is 0 Å². The summed E-state index contributed by atoms with van der Waals surface area (Å²) >= 11 is 0. The second-order valence-corrected chi connectivity index (χ2v) is 4.25. The number of fused-ring (bicyclic) bond motifs is 2. The van der Waals surface area contributed by atoms with E-state index in [2.05, 4.69) is 0 Å². The lowest BCUT2D eigenvalue weighted by molar-refractivity contribution is -0.113. The zero-order chi connectivity index (χ0) is 7.90. The summed E-state index contributed by atoms with van der Waals surface area (Å²) in [6.07, 6.45) is 4.72. The largest absolute Gasteiger partial charge is 0.396 e. The minimum Gasteiger partial charge on any atom is -0.396 e. The second-order valence-electron chi connectivity index (χ2n) is 4.25. The molecule has 1 atom stereocenters. The third-order valence-electron chi connectivity index (χ3n) is 3.72. The van der Waals surface area contributed by atoms with Gasteiger partial charge in [-0.1, -0.05) is 6.42 Å². The molecule has 3 aliphatic carbocycles. The molecule has 0 saturated heterocycles. The van der Waals surface area contributed by atoms with Crippen LogP contribution < -0.4 is 0 Å². The van der Waals surface area contributed by atoms with Crippen molar-refractivity contribution >= 4 is 0 Å². The van der Waals surface area contributed by atoms with Crippen molar-refractivity contribution < 1.29 is 10.2 Å². The van der Waals surface area contributed by atoms with Gasteiger partial charge in [0.2, 0.25) is 0 Å². The van der Waals surface area contributed by atoms with E-state index in [1.807, 2.05) is 0 Å². The summed E-state index contributed by atoms with van der Waals surface area (Å²) in [6.45, 7) is 0.558. The van der Waals surface area contributed by atoms with E-state index < -0.39 is 0 Å². The molecule has 0 amide bonds. The molecule has 0 aromatic heterocycles. The molecule has 0 aliphatic heterocycles. The van der Waals surface area contributed by atoms with Crippen LogP contribution >= 0.6 is 0 Å². The number of aliphatic hydroxyl groups is 2. The molecule has 3 fully saturated rings. The number of hydrogen-bond donors (Lipinski definition) is 2. The molecule has 2 N–H and O–H groups in total. The minimum absolute atomic E-state index is 0.137. The van der Waals surface area contributed by atoms with E-state index in [0.717, 1.165) is 25.2 Å². The SMILES string of the molecule is OCC1CCC2CC1(CO)C2. The lowest BCUT2D eigenvalue weighted by atomic mass is 9.50. The number of hydrogen-bond acceptors (Lipinski definition) is 2. The summed E-state index contributed by atoms with van der Waals surface area (Å²) in [6, 6.07) is 0. The van der Waals surface area contributed by atoms with Crippen LogP contribution in [0, 0.1) is 17.3 Å². The zero-order valence-corrected chi connectivity index (χ0v) is 6.79. The first-order chi connectivity index (χ1) is 5.30. The first kappa shape index (κ1) is 7.56. The van der Waals surface area contributed by atoms with Crippen LogP contribution in [0.15, 0.2) is 0 Å². The monoisotopic (exact) mass is 156 g/mol. The predicted molar refractivity (Wildman–Crippen MR) is 42.1 cm³/mol. The number of aliphatic hydroxyl groups excluding tert-OH is 2. The molecule has 0 heterocycles. The van der Waals surface area contributed by atoms with E-state index in [1.165, 1.54) is 6.42 Å². The van der Waals surface area contributed by atoms with E-state index >= 15 is 0 Å². The average Bonchev–Trinajstić information content (AvgIpc) is 2.02. The summed E-state index contributed by atoms with van der Waals surface area (Å²) in [5.41, 5.74) is 0.137. The van der Waals surface area contributed by atoms with Crippen LogP contribution in [0.2, 0.25) is 0 Å². The first-order valence-electron chi connectivity index (χ1n) is 4.52. The number of rotatable bonds is 2. The maximum atomic E-state index is 9.18. The second kappa shape index (κ2) is 2.46. The Morgan fingerprint density at radius 1 is 1.18 bits per heavy atom. The van der Waals surface area contributed by atoms with Gasteiger partial charge in [-0.3, -0.25) is 0 Å². The van der Waals surface area contributed by atoms with Gasteiger partial charge in [-0.2, -0.15) is 0 Å². The van der Waals surface area contributed by atoms with E-state index in [0.29, 0.717) is 5.92 Å². The zero-order valence-electron chi connectivity index (χ0n) is 6.79. The molecule has 3 saturated carbocycles. The van der Waals surface area contributed by atoms with E-state index in [4.69, 9.17) is 5.11 Å². The predicted octanol–water partition coefficient (Wildman–Crippen LogP) is 0.777. The van der Waals surface area contributed by atoms with Gasteiger partial charge in [0, 0.05) is 13.2 Å². The third kappa shape index (κ3) is 0.926. The Labute approximate surface area is 67.2 Å². The molecule has 3 aliphatic rings. The molecular weight excluding hydrogens is 140 g/mol. The maximum Gasteiger partial charge on any atom is 0.0491 e. The van der Waals surface area contributed by atoms with Gasteiger partial charge in [0.05, 0.1) is 0 Å². The Bertz CT molecular complexity index is 150. The van der Waals surface area contributed by atoms with Crippen molar-refractivity contribution in [1.82, 2.24) is 0 Å². The van der Waals surface area contributed by atoms with Gasteiger partial charge >= 0.3 is 0 Å². The lowest BCUT2D eigenvalue weighted by Gasteiger charge is -2.56. The quantitative estimate of drug-likeness (QED) is 0.620. The molecule has 0 aromatic rings. The third-order valence-corrected chi connectivity index (χ3v) is 3.72. The lowest BCUT2D eigenvalue weighted by Crippen LogP contribution is -2.51. The van der Waals surface area contributed by atoms with Gasteiger partial charge in [-0.05, 0) is 36.5 Å². The summed E-state index contributed by atoms with van der Waals surface area (Å²) in [5, 5.41) is 18.2. The summed E-state index contributed by atoms with van der Waals surface area (Å²) in [5.74, 6) is 1.25. The molecule has 0 radical (unpaired) electrons. The Morgan fingerprint density at radius 3 is 2.36 bits per heavy atom. The van der Waals surface area contributed by atoms with Crippen molar-refractivity contribution in [3.63, 3.8) is 0 Å². The summed E-state index contributed by atoms with van der Waals surface area (Å²) in [4.78, 5) is 0. The van der Waals surface area contributed by atoms with E-state index in [9.17, 15) is 5.11 Å². The molecule has 11 heavy (non-hydrogen) atoms. The Hall–Kier alpha value is -0.0800. The normalized spacial score (nSPS) is 48.5. The first-order valence-corrected chi connectivity index (χ1v) is 4.52. The molecule has 0 spiro atoms. The molecular formula is C9H16O2. The molecule has 2 bridgehead atoms. The van der Waals surface area contributed by atoms with Gasteiger partial charge < -0.3 is 10.2 Å². The van der Waals surface area contributed by atoms with Crippen LogP contribution in [0.25, 0.3) is 0 Å². The van der Waals surface area contributed by atoms with Crippen LogP contribution in [0.4, 0.5) is 0 Å². The molecule has 1 unspecified atom stereocenters. The van der Waals surface area contributed by atoms with E-state index in [1.54, 1.807) is 0 Å². The van der Waals surface area contributed by atoms with Crippen LogP contribution in [0.5, 0.6) is 0 Å². The van der Waals surface area contributed by atoms with Crippen molar-refractivity contribution in [3.8, 4) is 0 Å². The fraction of sp³-hybridized carbons (Fsp3) is 1.00. The van der Waals surface area contributed by atoms with Crippen molar-refractivity contribution in [3.05, 3.63) is 0 Å². The Morgan fingerprint density at radius 2 is 1.91 bits per heavy atom. The van der Waals surface area contributed by atoms with Gasteiger partial charge in [0.1, 0.15) is 0 Å². The van der Waals surface area contributed by atoms with Gasteiger partial charge in [-0.25, -0.2) is 0 Å². The van der Waals surface area contributed by atoms with Crippen LogP contribution in [0.3, 0.4) is 0 Å². The van der Waals surface area contributed by atoms with Crippen LogP contribution in [-0.4, -0.2) is 23.4 Å². The molecule has 3 rings (SSSR count). The summed E-state index contributed by atoms with van der Waals surface area (Å²) < 4.78 is 0. The van der Waals surface area contributed by atoms with Crippen molar-refractivity contribution in [2.45, 2.75) is 25.7 Å². The summed E-state index contributed by atoms with van der Waals surface area (Å²) in [7, 11) is 0. The highest BCUT2D eigenvalue weighted by atomic mass is 16.3.